The number of benzene rings is 1. The molecule has 40 heavy (non-hydrogen) atoms. The molecule has 0 saturated carbocycles. The minimum Gasteiger partial charge on any atom is -0.413 e. The minimum atomic E-state index is -5.34. The molecule has 0 aromatic heterocycles. The van der Waals surface area contributed by atoms with Crippen molar-refractivity contribution in [3.63, 3.8) is 0 Å². The second-order valence-corrected chi connectivity index (χ2v) is 9.46. The molecule has 1 heterocycles. The maximum Gasteiger partial charge on any atom is 0.491 e. The molecule has 4 N–H and O–H groups in total. The number of rotatable bonds is 18. The lowest BCUT2D eigenvalue weighted by Gasteiger charge is -2.16. The number of esters is 1. The molecular weight excluding hydrogens is 580 g/mol. The van der Waals surface area contributed by atoms with Crippen molar-refractivity contribution in [2.45, 2.75) is 25.4 Å². The van der Waals surface area contributed by atoms with E-state index in [1.165, 1.54) is 0 Å². The third kappa shape index (κ3) is 11.6. The molecule has 1 aromatic carbocycles. The van der Waals surface area contributed by atoms with Crippen molar-refractivity contribution in [1.82, 2.24) is 15.5 Å². The van der Waals surface area contributed by atoms with Gasteiger partial charge >= 0.3 is 12.1 Å². The zero-order chi connectivity index (χ0) is 29.5. The van der Waals surface area contributed by atoms with Crippen molar-refractivity contribution in [3.8, 4) is 0 Å². The van der Waals surface area contributed by atoms with Crippen LogP contribution in [-0.4, -0.2) is 94.6 Å². The second kappa shape index (κ2) is 17.4. The summed E-state index contributed by atoms with van der Waals surface area (Å²) in [5, 5.41) is 6.50. The van der Waals surface area contributed by atoms with E-state index in [1.807, 2.05) is 0 Å². The van der Waals surface area contributed by atoms with Crippen molar-refractivity contribution in [2.75, 3.05) is 65.7 Å². The van der Waals surface area contributed by atoms with Gasteiger partial charge in [-0.3, -0.25) is 9.59 Å². The van der Waals surface area contributed by atoms with Crippen LogP contribution in [0.5, 0.6) is 0 Å². The number of nitrogens with two attached hydrogens (primary N) is 1. The first kappa shape index (κ1) is 33.8. The van der Waals surface area contributed by atoms with Crippen molar-refractivity contribution >= 4 is 41.0 Å². The van der Waals surface area contributed by atoms with Crippen LogP contribution in [0.4, 0.5) is 13.2 Å². The summed E-state index contributed by atoms with van der Waals surface area (Å²) < 4.78 is 53.5. The van der Waals surface area contributed by atoms with Crippen LogP contribution in [-0.2, 0) is 35.0 Å². The molecule has 2 rings (SSSR count). The van der Waals surface area contributed by atoms with Crippen LogP contribution in [0.25, 0.3) is 0 Å². The molecule has 0 bridgehead atoms. The molecule has 0 fully saturated rings. The molecule has 0 atom stereocenters. The number of carbonyl (C=O) groups is 3. The molecule has 1 aliphatic heterocycles. The summed E-state index contributed by atoms with van der Waals surface area (Å²) in [6, 6.07) is 5.10. The first-order valence-corrected chi connectivity index (χ1v) is 13.4. The topological polar surface area (TPSA) is 132 Å². The van der Waals surface area contributed by atoms with Gasteiger partial charge in [0.15, 0.2) is 0 Å². The van der Waals surface area contributed by atoms with E-state index in [0.29, 0.717) is 49.2 Å². The lowest BCUT2D eigenvalue weighted by molar-refractivity contribution is -0.196. The Morgan fingerprint density at radius 2 is 1.73 bits per heavy atom. The Kier molecular flexibility index (Phi) is 14.7. The Morgan fingerprint density at radius 3 is 2.40 bits per heavy atom. The highest BCUT2D eigenvalue weighted by molar-refractivity contribution is 6.42. The standard InChI is InChI=1S/C25H33Cl2F3N4O6/c26-19-5-4-17(15-20(19)27)3-1-8-33-22(35)18-16-34(23(36)21(18)40-24(37)25(28,29)30)10-12-39-14-13-38-11-9-32-7-2-6-31/h4-5,15,32H,1-3,6-14,16,31H2,(H,33,35). The molecule has 0 aliphatic carbocycles. The maximum atomic E-state index is 12.8. The Bertz CT molecular complexity index is 1040. The first-order valence-electron chi connectivity index (χ1n) is 12.6. The van der Waals surface area contributed by atoms with Crippen molar-refractivity contribution < 1.29 is 41.8 Å². The van der Waals surface area contributed by atoms with E-state index in [-0.39, 0.29) is 38.4 Å². The monoisotopic (exact) mass is 612 g/mol. The average Bonchev–Trinajstić information content (AvgIpc) is 3.21. The summed E-state index contributed by atoms with van der Waals surface area (Å²) in [5.74, 6) is -5.37. The van der Waals surface area contributed by atoms with E-state index in [9.17, 15) is 27.6 Å². The Balaban J connectivity index is 1.83. The van der Waals surface area contributed by atoms with Gasteiger partial charge in [-0.1, -0.05) is 29.3 Å². The van der Waals surface area contributed by atoms with Crippen LogP contribution < -0.4 is 16.4 Å². The smallest absolute Gasteiger partial charge is 0.413 e. The van der Waals surface area contributed by atoms with Crippen LogP contribution in [0.3, 0.4) is 0 Å². The molecule has 10 nitrogen and oxygen atoms in total. The lowest BCUT2D eigenvalue weighted by atomic mass is 10.1. The molecule has 15 heteroatoms. The number of hydrogen-bond donors (Lipinski definition) is 3. The molecule has 0 radical (unpaired) electrons. The summed E-state index contributed by atoms with van der Waals surface area (Å²) in [6.45, 7) is 2.85. The van der Waals surface area contributed by atoms with E-state index in [1.54, 1.807) is 18.2 Å². The number of ether oxygens (including phenoxy) is 3. The zero-order valence-corrected chi connectivity index (χ0v) is 23.3. The van der Waals surface area contributed by atoms with Crippen LogP contribution >= 0.6 is 23.2 Å². The number of hydrogen-bond acceptors (Lipinski definition) is 8. The highest BCUT2D eigenvalue weighted by Gasteiger charge is 2.45. The zero-order valence-electron chi connectivity index (χ0n) is 21.8. The molecule has 2 amide bonds. The third-order valence-corrected chi connectivity index (χ3v) is 6.31. The van der Waals surface area contributed by atoms with Crippen molar-refractivity contribution in [1.29, 1.82) is 0 Å². The summed E-state index contributed by atoms with van der Waals surface area (Å²) >= 11 is 11.9. The van der Waals surface area contributed by atoms with Gasteiger partial charge in [0.1, 0.15) is 0 Å². The number of nitrogens with zero attached hydrogens (tertiary/aromatic N) is 1. The number of nitrogens with one attached hydrogen (secondary N) is 2. The lowest BCUT2D eigenvalue weighted by Crippen LogP contribution is -2.33. The largest absolute Gasteiger partial charge is 0.491 e. The molecule has 0 saturated heterocycles. The van der Waals surface area contributed by atoms with E-state index in [2.05, 4.69) is 15.4 Å². The number of aryl methyl sites for hydroxylation is 1. The summed E-state index contributed by atoms with van der Waals surface area (Å²) in [4.78, 5) is 37.9. The van der Waals surface area contributed by atoms with Gasteiger partial charge in [-0.05, 0) is 50.0 Å². The highest BCUT2D eigenvalue weighted by Crippen LogP contribution is 2.26. The molecule has 0 spiro atoms. The fourth-order valence-electron chi connectivity index (χ4n) is 3.51. The van der Waals surface area contributed by atoms with Gasteiger partial charge in [-0.25, -0.2) is 4.79 Å². The average molecular weight is 613 g/mol. The quantitative estimate of drug-likeness (QED) is 0.170. The van der Waals surface area contributed by atoms with Crippen molar-refractivity contribution in [2.24, 2.45) is 5.73 Å². The number of halogens is 5. The number of amides is 2. The van der Waals surface area contributed by atoms with E-state index in [0.717, 1.165) is 23.4 Å². The van der Waals surface area contributed by atoms with Crippen LogP contribution in [0, 0.1) is 0 Å². The first-order chi connectivity index (χ1) is 19.0. The minimum absolute atomic E-state index is 0.0307. The predicted molar refractivity (Wildman–Crippen MR) is 142 cm³/mol. The third-order valence-electron chi connectivity index (χ3n) is 5.58. The van der Waals surface area contributed by atoms with Gasteiger partial charge in [0.2, 0.25) is 5.76 Å². The van der Waals surface area contributed by atoms with E-state index in [4.69, 9.17) is 38.4 Å². The highest BCUT2D eigenvalue weighted by atomic mass is 35.5. The van der Waals surface area contributed by atoms with Crippen LogP contribution in [0.15, 0.2) is 29.5 Å². The van der Waals surface area contributed by atoms with Gasteiger partial charge in [0, 0.05) is 19.6 Å². The molecular formula is C25H33Cl2F3N4O6. The molecule has 0 unspecified atom stereocenters. The van der Waals surface area contributed by atoms with Crippen LogP contribution in [0.2, 0.25) is 10.0 Å². The van der Waals surface area contributed by atoms with E-state index >= 15 is 0 Å². The van der Waals surface area contributed by atoms with Gasteiger partial charge in [0.05, 0.1) is 48.6 Å². The molecule has 1 aliphatic rings. The molecule has 1 aromatic rings. The van der Waals surface area contributed by atoms with Gasteiger partial charge in [0.25, 0.3) is 11.8 Å². The van der Waals surface area contributed by atoms with Gasteiger partial charge in [-0.2, -0.15) is 13.2 Å². The number of alkyl halides is 3. The Hall–Kier alpha value is -2.42. The Morgan fingerprint density at radius 1 is 1.00 bits per heavy atom. The normalized spacial score (nSPS) is 13.8. The SMILES string of the molecule is NCCCNCCOCCOCCN1CC(C(=O)NCCCc2ccc(Cl)c(Cl)c2)=C(OC(=O)C(F)(F)F)C1=O. The molecule has 224 valence electrons. The number of carbonyl (C=O) groups excluding carboxylic acids is 3. The summed E-state index contributed by atoms with van der Waals surface area (Å²) in [5.41, 5.74) is 5.90. The van der Waals surface area contributed by atoms with Crippen molar-refractivity contribution in [3.05, 3.63) is 45.1 Å². The van der Waals surface area contributed by atoms with Gasteiger partial charge in [-0.15, -0.1) is 0 Å². The summed E-state index contributed by atoms with van der Waals surface area (Å²) in [6.07, 6.45) is -3.48. The Labute approximate surface area is 240 Å². The van der Waals surface area contributed by atoms with Gasteiger partial charge < -0.3 is 35.5 Å². The van der Waals surface area contributed by atoms with E-state index < -0.39 is 29.7 Å². The maximum absolute atomic E-state index is 12.8. The predicted octanol–water partition coefficient (Wildman–Crippen LogP) is 2.22. The fraction of sp³-hybridized carbons (Fsp3) is 0.560. The summed E-state index contributed by atoms with van der Waals surface area (Å²) in [7, 11) is 0. The second-order valence-electron chi connectivity index (χ2n) is 8.65. The fourth-order valence-corrected chi connectivity index (χ4v) is 3.83. The van der Waals surface area contributed by atoms with Crippen LogP contribution in [0.1, 0.15) is 18.4 Å².